The predicted octanol–water partition coefficient (Wildman–Crippen LogP) is 1.36. The molecule has 0 radical (unpaired) electrons. The molecule has 1 rings (SSSR count). The Balaban J connectivity index is 2.62. The molecule has 1 atom stereocenters. The molecule has 0 saturated heterocycles. The highest BCUT2D eigenvalue weighted by Gasteiger charge is 2.28. The van der Waals surface area contributed by atoms with Gasteiger partial charge in [-0.1, -0.05) is 6.92 Å². The molecule has 1 heterocycles. The van der Waals surface area contributed by atoms with E-state index in [1.54, 1.807) is 4.68 Å². The van der Waals surface area contributed by atoms with Crippen LogP contribution < -0.4 is 5.32 Å². The molecule has 1 aromatic heterocycles. The standard InChI is InChI=1S/C14H26N4O3/c1-6-18-11(16-10-17-18)7-14(5,9-19)8-15-12(20)21-13(2,3)4/h10,19H,6-9H2,1-5H3,(H,15,20). The summed E-state index contributed by atoms with van der Waals surface area (Å²) in [5, 5.41) is 16.5. The van der Waals surface area contributed by atoms with Crippen molar-refractivity contribution in [1.82, 2.24) is 20.1 Å². The minimum Gasteiger partial charge on any atom is -0.444 e. The van der Waals surface area contributed by atoms with Crippen LogP contribution in [0.15, 0.2) is 6.33 Å². The number of rotatable bonds is 6. The Labute approximate surface area is 125 Å². The van der Waals surface area contributed by atoms with E-state index in [1.165, 1.54) is 6.33 Å². The third kappa shape index (κ3) is 5.71. The summed E-state index contributed by atoms with van der Waals surface area (Å²) in [6.45, 7) is 10.2. The van der Waals surface area contributed by atoms with Gasteiger partial charge in [0.15, 0.2) is 0 Å². The van der Waals surface area contributed by atoms with Gasteiger partial charge in [0.2, 0.25) is 0 Å². The molecule has 0 bridgehead atoms. The van der Waals surface area contributed by atoms with Crippen LogP contribution in [0.2, 0.25) is 0 Å². The fourth-order valence-corrected chi connectivity index (χ4v) is 1.84. The zero-order valence-electron chi connectivity index (χ0n) is 13.5. The maximum Gasteiger partial charge on any atom is 0.407 e. The molecule has 0 aromatic carbocycles. The Morgan fingerprint density at radius 2 is 2.10 bits per heavy atom. The molecular weight excluding hydrogens is 272 g/mol. The largest absolute Gasteiger partial charge is 0.444 e. The summed E-state index contributed by atoms with van der Waals surface area (Å²) in [6.07, 6.45) is 1.53. The van der Waals surface area contributed by atoms with E-state index in [0.29, 0.717) is 13.0 Å². The van der Waals surface area contributed by atoms with Crippen LogP contribution in [0.3, 0.4) is 0 Å². The monoisotopic (exact) mass is 298 g/mol. The fraction of sp³-hybridized carbons (Fsp3) is 0.786. The Bertz CT molecular complexity index is 467. The van der Waals surface area contributed by atoms with Crippen molar-refractivity contribution >= 4 is 6.09 Å². The summed E-state index contributed by atoms with van der Waals surface area (Å²) in [5.74, 6) is 0.792. The van der Waals surface area contributed by atoms with Gasteiger partial charge in [-0.3, -0.25) is 4.68 Å². The fourth-order valence-electron chi connectivity index (χ4n) is 1.84. The smallest absolute Gasteiger partial charge is 0.407 e. The van der Waals surface area contributed by atoms with Crippen LogP contribution in [-0.4, -0.2) is 44.7 Å². The lowest BCUT2D eigenvalue weighted by Crippen LogP contribution is -2.42. The second-order valence-corrected chi connectivity index (χ2v) is 6.49. The van der Waals surface area contributed by atoms with Crippen LogP contribution in [0.25, 0.3) is 0 Å². The number of nitrogens with one attached hydrogen (secondary N) is 1. The summed E-state index contributed by atoms with van der Waals surface area (Å²) in [7, 11) is 0. The molecule has 2 N–H and O–H groups in total. The number of alkyl carbamates (subject to hydrolysis) is 1. The lowest BCUT2D eigenvalue weighted by molar-refractivity contribution is 0.0476. The van der Waals surface area contributed by atoms with Crippen molar-refractivity contribution in [2.45, 2.75) is 53.2 Å². The lowest BCUT2D eigenvalue weighted by atomic mass is 9.87. The maximum absolute atomic E-state index is 11.7. The number of nitrogens with zero attached hydrogens (tertiary/aromatic N) is 3. The summed E-state index contributed by atoms with van der Waals surface area (Å²) in [4.78, 5) is 15.9. The molecule has 21 heavy (non-hydrogen) atoms. The second-order valence-electron chi connectivity index (χ2n) is 6.49. The van der Waals surface area contributed by atoms with Crippen molar-refractivity contribution in [2.75, 3.05) is 13.2 Å². The van der Waals surface area contributed by atoms with Gasteiger partial charge in [0.25, 0.3) is 0 Å². The molecular formula is C14H26N4O3. The molecule has 7 heteroatoms. The van der Waals surface area contributed by atoms with E-state index < -0.39 is 17.1 Å². The molecule has 0 saturated carbocycles. The second kappa shape index (κ2) is 6.89. The zero-order chi connectivity index (χ0) is 16.1. The predicted molar refractivity (Wildman–Crippen MR) is 78.8 cm³/mol. The Kier molecular flexibility index (Phi) is 5.71. The van der Waals surface area contributed by atoms with Crippen molar-refractivity contribution in [2.24, 2.45) is 5.41 Å². The number of hydrogen-bond acceptors (Lipinski definition) is 5. The number of aliphatic hydroxyl groups is 1. The van der Waals surface area contributed by atoms with Crippen molar-refractivity contribution in [3.63, 3.8) is 0 Å². The molecule has 0 aliphatic heterocycles. The van der Waals surface area contributed by atoms with E-state index in [4.69, 9.17) is 4.74 Å². The quantitative estimate of drug-likeness (QED) is 0.828. The van der Waals surface area contributed by atoms with Crippen molar-refractivity contribution in [3.05, 3.63) is 12.2 Å². The topological polar surface area (TPSA) is 89.3 Å². The van der Waals surface area contributed by atoms with Gasteiger partial charge in [-0.05, 0) is 27.7 Å². The molecule has 120 valence electrons. The Hall–Kier alpha value is -1.63. The highest BCUT2D eigenvalue weighted by atomic mass is 16.6. The van der Waals surface area contributed by atoms with Crippen molar-refractivity contribution in [1.29, 1.82) is 0 Å². The van der Waals surface area contributed by atoms with Crippen LogP contribution >= 0.6 is 0 Å². The van der Waals surface area contributed by atoms with Crippen molar-refractivity contribution < 1.29 is 14.6 Å². The van der Waals surface area contributed by atoms with Gasteiger partial charge < -0.3 is 15.2 Å². The van der Waals surface area contributed by atoms with Gasteiger partial charge in [0.05, 0.1) is 6.61 Å². The Morgan fingerprint density at radius 3 is 2.62 bits per heavy atom. The van der Waals surface area contributed by atoms with Gasteiger partial charge in [-0.25, -0.2) is 9.78 Å². The molecule has 0 spiro atoms. The maximum atomic E-state index is 11.7. The molecule has 0 aliphatic carbocycles. The van der Waals surface area contributed by atoms with Crippen LogP contribution in [0, 0.1) is 5.41 Å². The third-order valence-corrected chi connectivity index (χ3v) is 3.02. The Morgan fingerprint density at radius 1 is 1.43 bits per heavy atom. The number of aliphatic hydroxyl groups excluding tert-OH is 1. The summed E-state index contributed by atoms with van der Waals surface area (Å²) in [5.41, 5.74) is -1.06. The molecule has 1 aromatic rings. The number of aromatic nitrogens is 3. The number of aryl methyl sites for hydroxylation is 1. The third-order valence-electron chi connectivity index (χ3n) is 3.02. The average Bonchev–Trinajstić information content (AvgIpc) is 2.81. The lowest BCUT2D eigenvalue weighted by Gasteiger charge is -2.28. The summed E-state index contributed by atoms with van der Waals surface area (Å²) in [6, 6.07) is 0. The van der Waals surface area contributed by atoms with Gasteiger partial charge in [0.1, 0.15) is 17.8 Å². The number of carbonyl (C=O) groups is 1. The summed E-state index contributed by atoms with van der Waals surface area (Å²) >= 11 is 0. The van der Waals surface area contributed by atoms with E-state index >= 15 is 0 Å². The molecule has 1 unspecified atom stereocenters. The van der Waals surface area contributed by atoms with Gasteiger partial charge >= 0.3 is 6.09 Å². The zero-order valence-corrected chi connectivity index (χ0v) is 13.5. The summed E-state index contributed by atoms with van der Waals surface area (Å²) < 4.78 is 6.97. The van der Waals surface area contributed by atoms with Gasteiger partial charge in [-0.15, -0.1) is 0 Å². The highest BCUT2D eigenvalue weighted by molar-refractivity contribution is 5.67. The number of amides is 1. The SMILES string of the molecule is CCn1ncnc1CC(C)(CO)CNC(=O)OC(C)(C)C. The van der Waals surface area contributed by atoms with E-state index in [2.05, 4.69) is 15.4 Å². The normalized spacial score (nSPS) is 14.6. The minimum absolute atomic E-state index is 0.0701. The first-order chi connectivity index (χ1) is 9.69. The van der Waals surface area contributed by atoms with Gasteiger partial charge in [-0.2, -0.15) is 5.10 Å². The van der Waals surface area contributed by atoms with E-state index in [0.717, 1.165) is 12.4 Å². The first-order valence-corrected chi connectivity index (χ1v) is 7.13. The molecule has 1 amide bonds. The first-order valence-electron chi connectivity index (χ1n) is 7.13. The number of hydrogen-bond donors (Lipinski definition) is 2. The van der Waals surface area contributed by atoms with E-state index in [9.17, 15) is 9.90 Å². The van der Waals surface area contributed by atoms with Crippen LogP contribution in [-0.2, 0) is 17.7 Å². The number of carbonyl (C=O) groups excluding carboxylic acids is 1. The minimum atomic E-state index is -0.540. The van der Waals surface area contributed by atoms with Crippen LogP contribution in [0.5, 0.6) is 0 Å². The number of ether oxygens (including phenoxy) is 1. The molecule has 0 fully saturated rings. The first kappa shape index (κ1) is 17.4. The van der Waals surface area contributed by atoms with Crippen LogP contribution in [0.1, 0.15) is 40.4 Å². The van der Waals surface area contributed by atoms with E-state index in [-0.39, 0.29) is 6.61 Å². The van der Waals surface area contributed by atoms with E-state index in [1.807, 2.05) is 34.6 Å². The molecule has 7 nitrogen and oxygen atoms in total. The van der Waals surface area contributed by atoms with Crippen LogP contribution in [0.4, 0.5) is 4.79 Å². The van der Waals surface area contributed by atoms with Crippen molar-refractivity contribution in [3.8, 4) is 0 Å². The molecule has 0 aliphatic rings. The highest BCUT2D eigenvalue weighted by Crippen LogP contribution is 2.20. The average molecular weight is 298 g/mol. The van der Waals surface area contributed by atoms with Gasteiger partial charge in [0, 0.05) is 24.9 Å².